The molecule has 0 radical (unpaired) electrons. The van der Waals surface area contributed by atoms with E-state index in [2.05, 4.69) is 13.5 Å². The molecule has 0 saturated heterocycles. The first kappa shape index (κ1) is 36.3. The first-order valence-electron chi connectivity index (χ1n) is 16.6. The summed E-state index contributed by atoms with van der Waals surface area (Å²) in [6, 6.07) is 25.7. The number of hydrogen-bond acceptors (Lipinski definition) is 10. The van der Waals surface area contributed by atoms with Gasteiger partial charge in [0.25, 0.3) is 11.1 Å². The van der Waals surface area contributed by atoms with Crippen LogP contribution in [0.5, 0.6) is 11.5 Å². The molecular formula is C36H32N6O10S2. The Morgan fingerprint density at radius 2 is 1.06 bits per heavy atom. The van der Waals surface area contributed by atoms with Crippen LogP contribution in [0.15, 0.2) is 113 Å². The summed E-state index contributed by atoms with van der Waals surface area (Å²) in [4.78, 5) is 36.9. The largest absolute Gasteiger partial charge is 0.446 e. The van der Waals surface area contributed by atoms with Gasteiger partial charge >= 0.3 is 20.8 Å². The Bertz CT molecular complexity index is 2830. The van der Waals surface area contributed by atoms with E-state index < -0.39 is 20.8 Å². The van der Waals surface area contributed by atoms with E-state index in [0.29, 0.717) is 64.1 Å². The molecule has 278 valence electrons. The molecule has 0 saturated carbocycles. The van der Waals surface area contributed by atoms with E-state index in [0.717, 1.165) is 18.5 Å². The summed E-state index contributed by atoms with van der Waals surface area (Å²) in [5, 5.41) is 4.06. The highest BCUT2D eigenvalue weighted by Crippen LogP contribution is 2.25. The molecular weight excluding hydrogens is 741 g/mol. The third-order valence-electron chi connectivity index (χ3n) is 8.67. The number of hydrogen-bond donors (Lipinski definition) is 3. The molecule has 0 aliphatic rings. The van der Waals surface area contributed by atoms with Gasteiger partial charge in [-0.3, -0.25) is 32.5 Å². The van der Waals surface area contributed by atoms with Gasteiger partial charge in [-0.15, -0.1) is 0 Å². The lowest BCUT2D eigenvalue weighted by Crippen LogP contribution is -2.28. The zero-order valence-corrected chi connectivity index (χ0v) is 29.9. The van der Waals surface area contributed by atoms with Gasteiger partial charge in [-0.2, -0.15) is 16.8 Å². The van der Waals surface area contributed by atoms with E-state index in [9.17, 15) is 26.4 Å². The molecule has 7 aromatic rings. The highest BCUT2D eigenvalue weighted by atomic mass is 32.3. The highest BCUT2D eigenvalue weighted by molar-refractivity contribution is 7.81. The van der Waals surface area contributed by atoms with Crippen molar-refractivity contribution in [3.63, 3.8) is 0 Å². The number of fused-ring (bicyclic) bond motifs is 2. The summed E-state index contributed by atoms with van der Waals surface area (Å²) in [7, 11) is -9.40. The minimum absolute atomic E-state index is 0.0931. The molecule has 0 atom stereocenters. The van der Waals surface area contributed by atoms with Crippen molar-refractivity contribution in [3.05, 3.63) is 130 Å². The number of para-hydroxylation sites is 2. The molecule has 0 aliphatic heterocycles. The van der Waals surface area contributed by atoms with Crippen LogP contribution in [0.3, 0.4) is 0 Å². The summed E-state index contributed by atoms with van der Waals surface area (Å²) in [6.07, 6.45) is 3.92. The smallest absolute Gasteiger partial charge is 0.362 e. The van der Waals surface area contributed by atoms with Crippen LogP contribution < -0.4 is 19.5 Å². The van der Waals surface area contributed by atoms with E-state index in [1.54, 1.807) is 88.1 Å². The number of unbranched alkanes of at least 4 members (excludes halogenated alkanes) is 2. The van der Waals surface area contributed by atoms with Crippen LogP contribution >= 0.6 is 0 Å². The molecule has 0 bridgehead atoms. The molecule has 0 unspecified atom stereocenters. The molecule has 0 fully saturated rings. The highest BCUT2D eigenvalue weighted by Gasteiger charge is 2.18. The lowest BCUT2D eigenvalue weighted by molar-refractivity contribution is 0.384. The van der Waals surface area contributed by atoms with E-state index in [1.165, 1.54) is 24.3 Å². The predicted octanol–water partition coefficient (Wildman–Crippen LogP) is 4.85. The zero-order chi connectivity index (χ0) is 38.0. The summed E-state index contributed by atoms with van der Waals surface area (Å²) >= 11 is 0. The fourth-order valence-corrected chi connectivity index (χ4v) is 6.87. The number of aryl methyl sites for hydroxylation is 1. The Kier molecular flexibility index (Phi) is 9.91. The Morgan fingerprint density at radius 3 is 1.54 bits per heavy atom. The molecule has 4 aromatic carbocycles. The second-order valence-corrected chi connectivity index (χ2v) is 14.3. The zero-order valence-electron chi connectivity index (χ0n) is 28.3. The van der Waals surface area contributed by atoms with Crippen LogP contribution in [0, 0.1) is 0 Å². The average Bonchev–Trinajstić information content (AvgIpc) is 3.12. The summed E-state index contributed by atoms with van der Waals surface area (Å²) in [5.41, 5.74) is 2.46. The SMILES string of the molecule is O=c1c2ccccc2nc(-c2ccc(OS(=O)(=O)O)cc2)n1CCCCCn1[nH]cc1Cn1c(-c2ccc(OS(=O)(=O)O)cc2)nc2ccccc2c1=O. The summed E-state index contributed by atoms with van der Waals surface area (Å²) < 4.78 is 76.7. The van der Waals surface area contributed by atoms with Gasteiger partial charge < -0.3 is 13.5 Å². The number of aromatic amines is 1. The van der Waals surface area contributed by atoms with Gasteiger partial charge in [-0.1, -0.05) is 24.3 Å². The molecule has 0 amide bonds. The van der Waals surface area contributed by atoms with E-state index in [-0.39, 0.29) is 29.2 Å². The van der Waals surface area contributed by atoms with Gasteiger partial charge in [0.1, 0.15) is 23.1 Å². The van der Waals surface area contributed by atoms with Crippen LogP contribution in [0.2, 0.25) is 0 Å². The van der Waals surface area contributed by atoms with E-state index >= 15 is 0 Å². The van der Waals surface area contributed by atoms with Crippen LogP contribution in [-0.4, -0.2) is 54.8 Å². The molecule has 3 heterocycles. The summed E-state index contributed by atoms with van der Waals surface area (Å²) in [5.74, 6) is 0.561. The first-order valence-corrected chi connectivity index (χ1v) is 19.3. The Morgan fingerprint density at radius 1 is 0.593 bits per heavy atom. The van der Waals surface area contributed by atoms with Gasteiger partial charge in [-0.25, -0.2) is 9.97 Å². The van der Waals surface area contributed by atoms with Gasteiger partial charge in [0.2, 0.25) is 0 Å². The number of aromatic nitrogens is 6. The van der Waals surface area contributed by atoms with E-state index in [1.807, 2.05) is 4.68 Å². The van der Waals surface area contributed by atoms with Crippen molar-refractivity contribution in [3.8, 4) is 34.3 Å². The number of benzene rings is 4. The summed E-state index contributed by atoms with van der Waals surface area (Å²) in [6.45, 7) is 1.16. The number of rotatable bonds is 14. The van der Waals surface area contributed by atoms with Crippen molar-refractivity contribution < 1.29 is 34.3 Å². The molecule has 16 nitrogen and oxygen atoms in total. The van der Waals surface area contributed by atoms with Crippen LogP contribution in [-0.2, 0) is 40.4 Å². The normalized spacial score (nSPS) is 12.0. The third-order valence-corrected chi connectivity index (χ3v) is 9.47. The molecule has 0 spiro atoms. The Balaban J connectivity index is 1.06. The average molecular weight is 773 g/mol. The van der Waals surface area contributed by atoms with Gasteiger partial charge in [0.05, 0.1) is 34.0 Å². The fraction of sp³-hybridized carbons (Fsp3) is 0.167. The molecule has 0 aliphatic carbocycles. The predicted molar refractivity (Wildman–Crippen MR) is 199 cm³/mol. The maximum absolute atomic E-state index is 13.8. The van der Waals surface area contributed by atoms with Crippen LogP contribution in [0.1, 0.15) is 25.0 Å². The lowest BCUT2D eigenvalue weighted by Gasteiger charge is -2.21. The molecule has 54 heavy (non-hydrogen) atoms. The van der Waals surface area contributed by atoms with Gasteiger partial charge in [0.15, 0.2) is 0 Å². The molecule has 3 N–H and O–H groups in total. The molecule has 3 aromatic heterocycles. The minimum atomic E-state index is -4.71. The lowest BCUT2D eigenvalue weighted by atomic mass is 10.1. The Hall–Kier alpha value is -6.08. The monoisotopic (exact) mass is 772 g/mol. The van der Waals surface area contributed by atoms with E-state index in [4.69, 9.17) is 19.1 Å². The van der Waals surface area contributed by atoms with Crippen LogP contribution in [0.25, 0.3) is 44.6 Å². The minimum Gasteiger partial charge on any atom is -0.362 e. The quantitative estimate of drug-likeness (QED) is 0.0999. The van der Waals surface area contributed by atoms with Crippen molar-refractivity contribution in [1.82, 2.24) is 28.9 Å². The van der Waals surface area contributed by atoms with Crippen molar-refractivity contribution >= 4 is 42.6 Å². The number of nitrogens with one attached hydrogen (secondary N) is 1. The van der Waals surface area contributed by atoms with Crippen molar-refractivity contribution in [2.24, 2.45) is 0 Å². The molecule has 7 rings (SSSR count). The molecule has 18 heteroatoms. The van der Waals surface area contributed by atoms with Crippen LogP contribution in [0.4, 0.5) is 0 Å². The maximum atomic E-state index is 13.8. The topological polar surface area (TPSA) is 218 Å². The third kappa shape index (κ3) is 8.11. The number of H-pyrrole nitrogens is 1. The van der Waals surface area contributed by atoms with Gasteiger partial charge in [-0.05, 0) is 92.1 Å². The van der Waals surface area contributed by atoms with Crippen molar-refractivity contribution in [2.75, 3.05) is 0 Å². The van der Waals surface area contributed by atoms with Gasteiger partial charge in [0, 0.05) is 30.4 Å². The second-order valence-electron chi connectivity index (χ2n) is 12.3. The Labute approximate surface area is 307 Å². The fourth-order valence-electron chi connectivity index (χ4n) is 6.16. The first-order chi connectivity index (χ1) is 25.8. The second kappa shape index (κ2) is 14.7. The van der Waals surface area contributed by atoms with Crippen molar-refractivity contribution in [1.29, 1.82) is 0 Å². The number of nitrogens with zero attached hydrogens (tertiary/aromatic N) is 5. The maximum Gasteiger partial charge on any atom is 0.446 e. The van der Waals surface area contributed by atoms with Crippen molar-refractivity contribution in [2.45, 2.75) is 38.9 Å². The standard InChI is InChI=1S/C36H32N6O10S2/c43-35-29-8-2-4-10-31(29)38-33(24-12-16-27(17-13-24)51-53(45,46)47)40(35)20-6-1-7-21-42-26(22-37-42)23-41-34(39-32-11-5-3-9-30(32)36(41)44)25-14-18-28(19-15-25)52-54(48,49)50/h2-5,8-19,22,37H,1,6-7,20-21,23H2,(H,45,46,47)(H,48,49,50).